The second-order valence-corrected chi connectivity index (χ2v) is 6.25. The van der Waals surface area contributed by atoms with Gasteiger partial charge in [0.05, 0.1) is 4.91 Å². The summed E-state index contributed by atoms with van der Waals surface area (Å²) in [6.07, 6.45) is 4.61. The predicted octanol–water partition coefficient (Wildman–Crippen LogP) is 2.93. The molecule has 2 heterocycles. The van der Waals surface area contributed by atoms with Crippen molar-refractivity contribution in [3.63, 3.8) is 0 Å². The summed E-state index contributed by atoms with van der Waals surface area (Å²) in [4.78, 5) is 28.7. The van der Waals surface area contributed by atoms with Gasteiger partial charge in [0.15, 0.2) is 5.17 Å². The summed E-state index contributed by atoms with van der Waals surface area (Å²) < 4.78 is 0. The van der Waals surface area contributed by atoms with Crippen LogP contribution in [0.4, 0.5) is 0 Å². The third-order valence-electron chi connectivity index (χ3n) is 3.15. The van der Waals surface area contributed by atoms with Crippen LogP contribution in [0.15, 0.2) is 53.7 Å². The lowest BCUT2D eigenvalue weighted by Gasteiger charge is -2.15. The van der Waals surface area contributed by atoms with E-state index in [4.69, 9.17) is 17.0 Å². The number of rotatable bonds is 3. The topological polar surface area (TPSA) is 86.2 Å². The smallest absolute Gasteiger partial charge is 0.277 e. The van der Waals surface area contributed by atoms with Crippen molar-refractivity contribution in [2.24, 2.45) is 0 Å². The molecule has 3 rings (SSSR count). The fourth-order valence-electron chi connectivity index (χ4n) is 1.97. The highest BCUT2D eigenvalue weighted by molar-refractivity contribution is 8.18. The highest BCUT2D eigenvalue weighted by atomic mass is 35.5. The van der Waals surface area contributed by atoms with Gasteiger partial charge in [-0.15, -0.1) is 0 Å². The van der Waals surface area contributed by atoms with E-state index in [1.807, 2.05) is 0 Å². The van der Waals surface area contributed by atoms with Crippen LogP contribution in [0.3, 0.4) is 0 Å². The second kappa shape index (κ2) is 6.86. The fourth-order valence-corrected chi connectivity index (χ4v) is 2.90. The lowest BCUT2D eigenvalue weighted by Crippen LogP contribution is -2.45. The minimum absolute atomic E-state index is 0.0670. The van der Waals surface area contributed by atoms with E-state index in [1.165, 1.54) is 24.5 Å². The average Bonchev–Trinajstić information content (AvgIpc) is 2.85. The van der Waals surface area contributed by atoms with Crippen molar-refractivity contribution in [2.45, 2.75) is 0 Å². The molecule has 0 unspecified atom stereocenters. The normalized spacial score (nSPS) is 15.9. The van der Waals surface area contributed by atoms with Crippen LogP contribution in [0, 0.1) is 5.41 Å². The fraction of sp³-hybridized carbons (Fsp3) is 0. The van der Waals surface area contributed by atoms with Crippen molar-refractivity contribution in [3.05, 3.63) is 69.8 Å². The molecule has 1 fully saturated rings. The molecule has 0 aliphatic carbocycles. The van der Waals surface area contributed by atoms with Gasteiger partial charge in [-0.25, -0.2) is 0 Å². The molecule has 0 saturated carbocycles. The van der Waals surface area contributed by atoms with Gasteiger partial charge >= 0.3 is 0 Å². The number of thioether (sulfide) groups is 1. The Hall–Kier alpha value is -2.64. The van der Waals surface area contributed by atoms with E-state index in [0.717, 1.165) is 22.3 Å². The Kier molecular flexibility index (Phi) is 4.64. The summed E-state index contributed by atoms with van der Waals surface area (Å²) in [7, 11) is 0. The second-order valence-electron chi connectivity index (χ2n) is 4.78. The Balaban J connectivity index is 1.77. The number of aromatic nitrogens is 1. The van der Waals surface area contributed by atoms with Crippen LogP contribution in [-0.2, 0) is 4.79 Å². The molecule has 6 nitrogen and oxygen atoms in total. The van der Waals surface area contributed by atoms with Crippen LogP contribution in [0.25, 0.3) is 6.08 Å². The number of benzene rings is 1. The van der Waals surface area contributed by atoms with Gasteiger partial charge in [0.25, 0.3) is 11.8 Å². The molecule has 0 spiro atoms. The molecule has 0 atom stereocenters. The number of hydrogen-bond acceptors (Lipinski definition) is 5. The lowest BCUT2D eigenvalue weighted by molar-refractivity contribution is -0.123. The molecule has 24 heavy (non-hydrogen) atoms. The van der Waals surface area contributed by atoms with Crippen LogP contribution in [0.5, 0.6) is 0 Å². The Bertz CT molecular complexity index is 837. The summed E-state index contributed by atoms with van der Waals surface area (Å²) in [6, 6.07) is 10.0. The first kappa shape index (κ1) is 16.2. The van der Waals surface area contributed by atoms with Gasteiger partial charge in [0.2, 0.25) is 0 Å². The number of hydrogen-bond donors (Lipinski definition) is 2. The number of carbonyl (C=O) groups excluding carboxylic acids is 2. The van der Waals surface area contributed by atoms with Crippen LogP contribution >= 0.6 is 23.4 Å². The minimum Gasteiger partial charge on any atom is -0.277 e. The molecule has 1 saturated heterocycles. The largest absolute Gasteiger partial charge is 0.285 e. The van der Waals surface area contributed by atoms with Crippen molar-refractivity contribution >= 4 is 46.4 Å². The predicted molar refractivity (Wildman–Crippen MR) is 93.3 cm³/mol. The van der Waals surface area contributed by atoms with Crippen molar-refractivity contribution in [2.75, 3.05) is 0 Å². The zero-order valence-electron chi connectivity index (χ0n) is 12.2. The molecule has 1 aromatic carbocycles. The number of nitrogens with zero attached hydrogens (tertiary/aromatic N) is 2. The number of pyridine rings is 1. The number of hydrazine groups is 1. The van der Waals surface area contributed by atoms with E-state index < -0.39 is 11.8 Å². The maximum Gasteiger partial charge on any atom is 0.285 e. The van der Waals surface area contributed by atoms with Crippen LogP contribution < -0.4 is 5.43 Å². The zero-order chi connectivity index (χ0) is 17.1. The first-order chi connectivity index (χ1) is 11.5. The maximum atomic E-state index is 12.4. The zero-order valence-corrected chi connectivity index (χ0v) is 13.8. The molecule has 0 bridgehead atoms. The molecular formula is C16H11ClN4O2S. The van der Waals surface area contributed by atoms with Crippen LogP contribution in [-0.4, -0.2) is 27.0 Å². The van der Waals surface area contributed by atoms with E-state index in [-0.39, 0.29) is 5.17 Å². The molecule has 0 radical (unpaired) electrons. The Labute approximate surface area is 147 Å². The number of amides is 2. The molecule has 8 heteroatoms. The minimum atomic E-state index is -0.483. The maximum absolute atomic E-state index is 12.4. The highest BCUT2D eigenvalue weighted by Crippen LogP contribution is 2.30. The Morgan fingerprint density at radius 1 is 1.21 bits per heavy atom. The standard InChI is InChI=1S/C16H11ClN4O2S/c17-12-3-1-10(2-4-12)9-13-15(23)21(16(18)24-13)20-14(22)11-5-7-19-8-6-11/h1-9,18H,(H,20,22)/b13-9+,18-16?. The Morgan fingerprint density at radius 2 is 1.88 bits per heavy atom. The Morgan fingerprint density at radius 3 is 2.54 bits per heavy atom. The molecule has 2 N–H and O–H groups in total. The van der Waals surface area contributed by atoms with Crippen molar-refractivity contribution < 1.29 is 9.59 Å². The van der Waals surface area contributed by atoms with E-state index in [2.05, 4.69) is 10.4 Å². The highest BCUT2D eigenvalue weighted by Gasteiger charge is 2.34. The molecule has 2 amide bonds. The summed E-state index contributed by atoms with van der Waals surface area (Å²) in [5, 5.41) is 9.36. The van der Waals surface area contributed by atoms with Gasteiger partial charge in [-0.2, -0.15) is 5.01 Å². The average molecular weight is 359 g/mol. The van der Waals surface area contributed by atoms with E-state index >= 15 is 0 Å². The first-order valence-corrected chi connectivity index (χ1v) is 8.03. The van der Waals surface area contributed by atoms with Gasteiger partial charge in [0, 0.05) is 23.0 Å². The third-order valence-corrected chi connectivity index (χ3v) is 4.29. The first-order valence-electron chi connectivity index (χ1n) is 6.84. The lowest BCUT2D eigenvalue weighted by atomic mass is 10.2. The van der Waals surface area contributed by atoms with Crippen molar-refractivity contribution in [1.29, 1.82) is 5.41 Å². The number of amidine groups is 1. The van der Waals surface area contributed by atoms with E-state index in [0.29, 0.717) is 15.5 Å². The number of nitrogens with one attached hydrogen (secondary N) is 2. The van der Waals surface area contributed by atoms with E-state index in [9.17, 15) is 9.59 Å². The summed E-state index contributed by atoms with van der Waals surface area (Å²) in [5.74, 6) is -0.939. The van der Waals surface area contributed by atoms with Gasteiger partial charge in [-0.3, -0.25) is 25.4 Å². The quantitative estimate of drug-likeness (QED) is 0.826. The van der Waals surface area contributed by atoms with Crippen LogP contribution in [0.2, 0.25) is 5.02 Å². The summed E-state index contributed by atoms with van der Waals surface area (Å²) >= 11 is 6.81. The molecule has 2 aromatic rings. The molecule has 1 aliphatic rings. The molecule has 1 aliphatic heterocycles. The summed E-state index contributed by atoms with van der Waals surface area (Å²) in [6.45, 7) is 0. The van der Waals surface area contributed by atoms with E-state index in [1.54, 1.807) is 30.3 Å². The van der Waals surface area contributed by atoms with Gasteiger partial charge in [-0.1, -0.05) is 23.7 Å². The third kappa shape index (κ3) is 3.47. The van der Waals surface area contributed by atoms with Gasteiger partial charge in [-0.05, 0) is 47.7 Å². The molecular weight excluding hydrogens is 348 g/mol. The monoisotopic (exact) mass is 358 g/mol. The molecule has 120 valence electrons. The van der Waals surface area contributed by atoms with Crippen molar-refractivity contribution in [1.82, 2.24) is 15.4 Å². The van der Waals surface area contributed by atoms with Gasteiger partial charge in [0.1, 0.15) is 0 Å². The van der Waals surface area contributed by atoms with Gasteiger partial charge < -0.3 is 0 Å². The number of carbonyl (C=O) groups is 2. The number of halogens is 1. The van der Waals surface area contributed by atoms with Crippen molar-refractivity contribution in [3.8, 4) is 0 Å². The molecule has 1 aromatic heterocycles. The summed E-state index contributed by atoms with van der Waals surface area (Å²) in [5.41, 5.74) is 3.56. The van der Waals surface area contributed by atoms with Crippen LogP contribution in [0.1, 0.15) is 15.9 Å². The SMILES string of the molecule is N=C1S/C(=C/c2ccc(Cl)cc2)C(=O)N1NC(=O)c1ccncc1.